The van der Waals surface area contributed by atoms with Gasteiger partial charge < -0.3 is 5.32 Å². The van der Waals surface area contributed by atoms with Crippen LogP contribution in [0.1, 0.15) is 24.0 Å². The first-order valence-electron chi connectivity index (χ1n) is 8.29. The summed E-state index contributed by atoms with van der Waals surface area (Å²) in [6, 6.07) is 11.1. The van der Waals surface area contributed by atoms with E-state index in [2.05, 4.69) is 5.32 Å². The molecule has 1 heterocycles. The molecule has 1 fully saturated rings. The van der Waals surface area contributed by atoms with Crippen molar-refractivity contribution in [3.8, 4) is 0 Å². The van der Waals surface area contributed by atoms with Gasteiger partial charge in [-0.3, -0.25) is 19.3 Å². The second-order valence-electron chi connectivity index (χ2n) is 6.03. The molecule has 3 rings (SSSR count). The van der Waals surface area contributed by atoms with E-state index in [1.54, 1.807) is 24.3 Å². The Hall–Kier alpha value is -2.99. The molecular formula is C20H16ClFN2O3. The summed E-state index contributed by atoms with van der Waals surface area (Å²) in [7, 11) is 0. The van der Waals surface area contributed by atoms with E-state index in [-0.39, 0.29) is 41.8 Å². The van der Waals surface area contributed by atoms with E-state index in [1.807, 2.05) is 0 Å². The van der Waals surface area contributed by atoms with Crippen molar-refractivity contribution in [2.24, 2.45) is 0 Å². The Bertz CT molecular complexity index is 889. The maximum Gasteiger partial charge on any atom is 0.248 e. The first-order valence-corrected chi connectivity index (χ1v) is 8.67. The Balaban J connectivity index is 1.61. The summed E-state index contributed by atoms with van der Waals surface area (Å²) in [5, 5.41) is 2.87. The second kappa shape index (κ2) is 8.14. The van der Waals surface area contributed by atoms with Crippen molar-refractivity contribution in [1.82, 2.24) is 4.90 Å². The Morgan fingerprint density at radius 3 is 2.41 bits per heavy atom. The lowest BCUT2D eigenvalue weighted by molar-refractivity contribution is -0.139. The molecule has 1 saturated heterocycles. The zero-order valence-corrected chi connectivity index (χ0v) is 15.0. The SMILES string of the molecule is O=C(/C=C/c1c(F)cccc1Cl)Nc1ccc(CN2C(=O)CCC2=O)cc1. The Kier molecular flexibility index (Phi) is 5.66. The monoisotopic (exact) mass is 386 g/mol. The van der Waals surface area contributed by atoms with Gasteiger partial charge in [0.2, 0.25) is 17.7 Å². The van der Waals surface area contributed by atoms with E-state index in [1.165, 1.54) is 35.3 Å². The van der Waals surface area contributed by atoms with Crippen molar-refractivity contribution in [3.63, 3.8) is 0 Å². The van der Waals surface area contributed by atoms with E-state index < -0.39 is 11.7 Å². The summed E-state index contributed by atoms with van der Waals surface area (Å²) < 4.78 is 13.7. The van der Waals surface area contributed by atoms with Crippen LogP contribution >= 0.6 is 11.6 Å². The number of carbonyl (C=O) groups excluding carboxylic acids is 3. The van der Waals surface area contributed by atoms with Gasteiger partial charge in [-0.15, -0.1) is 0 Å². The molecule has 0 spiro atoms. The summed E-state index contributed by atoms with van der Waals surface area (Å²) >= 11 is 5.91. The highest BCUT2D eigenvalue weighted by atomic mass is 35.5. The summed E-state index contributed by atoms with van der Waals surface area (Å²) in [6.45, 7) is 0.220. The highest BCUT2D eigenvalue weighted by Crippen LogP contribution is 2.21. The van der Waals surface area contributed by atoms with Gasteiger partial charge in [0.15, 0.2) is 0 Å². The number of imide groups is 1. The first-order chi connectivity index (χ1) is 12.9. The predicted molar refractivity (Wildman–Crippen MR) is 100 cm³/mol. The van der Waals surface area contributed by atoms with Crippen LogP contribution in [0.4, 0.5) is 10.1 Å². The van der Waals surface area contributed by atoms with Gasteiger partial charge >= 0.3 is 0 Å². The van der Waals surface area contributed by atoms with E-state index in [0.29, 0.717) is 5.69 Å². The molecule has 0 bridgehead atoms. The van der Waals surface area contributed by atoms with E-state index in [9.17, 15) is 18.8 Å². The molecule has 0 radical (unpaired) electrons. The van der Waals surface area contributed by atoms with Crippen molar-refractivity contribution >= 4 is 41.1 Å². The number of amides is 3. The fourth-order valence-electron chi connectivity index (χ4n) is 2.69. The van der Waals surface area contributed by atoms with Gasteiger partial charge in [0.1, 0.15) is 5.82 Å². The quantitative estimate of drug-likeness (QED) is 0.628. The van der Waals surface area contributed by atoms with Crippen molar-refractivity contribution in [3.05, 3.63) is 70.5 Å². The van der Waals surface area contributed by atoms with Crippen LogP contribution in [-0.4, -0.2) is 22.6 Å². The molecule has 1 aliphatic heterocycles. The molecule has 0 atom stereocenters. The molecule has 2 aromatic carbocycles. The summed E-state index contributed by atoms with van der Waals surface area (Å²) in [6.07, 6.45) is 3.02. The summed E-state index contributed by atoms with van der Waals surface area (Å²) in [5.41, 5.74) is 1.46. The minimum Gasteiger partial charge on any atom is -0.323 e. The van der Waals surface area contributed by atoms with Crippen molar-refractivity contribution in [1.29, 1.82) is 0 Å². The standard InChI is InChI=1S/C20H16ClFN2O3/c21-16-2-1-3-17(22)15(16)8-9-18(25)23-14-6-4-13(5-7-14)12-24-19(26)10-11-20(24)27/h1-9H,10-12H2,(H,23,25)/b9-8+. The van der Waals surface area contributed by atoms with Crippen molar-refractivity contribution in [2.45, 2.75) is 19.4 Å². The Morgan fingerprint density at radius 2 is 1.78 bits per heavy atom. The number of halogens is 2. The highest BCUT2D eigenvalue weighted by Gasteiger charge is 2.28. The molecule has 0 unspecified atom stereocenters. The van der Waals surface area contributed by atoms with Gasteiger partial charge in [-0.25, -0.2) is 4.39 Å². The number of anilines is 1. The van der Waals surface area contributed by atoms with Gasteiger partial charge in [-0.1, -0.05) is 29.8 Å². The van der Waals surface area contributed by atoms with E-state index in [0.717, 1.165) is 5.56 Å². The Labute approximate surface area is 160 Å². The number of likely N-dealkylation sites (tertiary alicyclic amines) is 1. The van der Waals surface area contributed by atoms with E-state index in [4.69, 9.17) is 11.6 Å². The number of hydrogen-bond donors (Lipinski definition) is 1. The minimum atomic E-state index is -0.512. The van der Waals surface area contributed by atoms with Crippen LogP contribution in [0.3, 0.4) is 0 Å². The Morgan fingerprint density at radius 1 is 1.11 bits per heavy atom. The average Bonchev–Trinajstić information content (AvgIpc) is 2.95. The lowest BCUT2D eigenvalue weighted by atomic mass is 10.2. The lowest BCUT2D eigenvalue weighted by Crippen LogP contribution is -2.28. The number of rotatable bonds is 5. The molecule has 3 amide bonds. The van der Waals surface area contributed by atoms with Crippen LogP contribution in [0.5, 0.6) is 0 Å². The topological polar surface area (TPSA) is 66.5 Å². The molecule has 2 aromatic rings. The first kappa shape index (κ1) is 18.8. The zero-order valence-electron chi connectivity index (χ0n) is 14.2. The number of hydrogen-bond acceptors (Lipinski definition) is 3. The lowest BCUT2D eigenvalue weighted by Gasteiger charge is -2.14. The molecule has 5 nitrogen and oxygen atoms in total. The van der Waals surface area contributed by atoms with Crippen LogP contribution in [0, 0.1) is 5.82 Å². The molecule has 1 aliphatic rings. The average molecular weight is 387 g/mol. The maximum atomic E-state index is 13.7. The molecule has 138 valence electrons. The summed E-state index contributed by atoms with van der Waals surface area (Å²) in [5.74, 6) is -1.29. The van der Waals surface area contributed by atoms with Crippen molar-refractivity contribution < 1.29 is 18.8 Å². The fraction of sp³-hybridized carbons (Fsp3) is 0.150. The van der Waals surface area contributed by atoms with Gasteiger partial charge in [0.05, 0.1) is 11.6 Å². The number of carbonyl (C=O) groups is 3. The molecule has 1 N–H and O–H groups in total. The van der Waals surface area contributed by atoms with Gasteiger partial charge in [-0.05, 0) is 35.9 Å². The van der Waals surface area contributed by atoms with Crippen LogP contribution in [0.25, 0.3) is 6.08 Å². The van der Waals surface area contributed by atoms with Crippen molar-refractivity contribution in [2.75, 3.05) is 5.32 Å². The third kappa shape index (κ3) is 4.60. The zero-order chi connectivity index (χ0) is 19.4. The van der Waals surface area contributed by atoms with Gasteiger partial charge in [0, 0.05) is 30.2 Å². The molecule has 27 heavy (non-hydrogen) atoms. The molecule has 0 aliphatic carbocycles. The number of nitrogens with zero attached hydrogens (tertiary/aromatic N) is 1. The summed E-state index contributed by atoms with van der Waals surface area (Å²) in [4.78, 5) is 36.5. The molecule has 0 aromatic heterocycles. The second-order valence-corrected chi connectivity index (χ2v) is 6.44. The third-order valence-electron chi connectivity index (χ3n) is 4.12. The number of nitrogens with one attached hydrogen (secondary N) is 1. The van der Waals surface area contributed by atoms with Crippen LogP contribution < -0.4 is 5.32 Å². The normalized spacial score (nSPS) is 14.2. The fourth-order valence-corrected chi connectivity index (χ4v) is 2.91. The maximum absolute atomic E-state index is 13.7. The van der Waals surface area contributed by atoms with E-state index >= 15 is 0 Å². The van der Waals surface area contributed by atoms with Crippen LogP contribution in [0.15, 0.2) is 48.5 Å². The van der Waals surface area contributed by atoms with Gasteiger partial charge in [0.25, 0.3) is 0 Å². The van der Waals surface area contributed by atoms with Crippen LogP contribution in [-0.2, 0) is 20.9 Å². The minimum absolute atomic E-state index is 0.143. The molecule has 7 heteroatoms. The largest absolute Gasteiger partial charge is 0.323 e. The van der Waals surface area contributed by atoms with Crippen LogP contribution in [0.2, 0.25) is 5.02 Å². The predicted octanol–water partition coefficient (Wildman–Crippen LogP) is 3.78. The highest BCUT2D eigenvalue weighted by molar-refractivity contribution is 6.32. The number of benzene rings is 2. The van der Waals surface area contributed by atoms with Gasteiger partial charge in [-0.2, -0.15) is 0 Å². The third-order valence-corrected chi connectivity index (χ3v) is 4.45. The molecule has 0 saturated carbocycles. The smallest absolute Gasteiger partial charge is 0.248 e. The molecular weight excluding hydrogens is 371 g/mol.